The van der Waals surface area contributed by atoms with Crippen LogP contribution in [0.5, 0.6) is 0 Å². The van der Waals surface area contributed by atoms with Crippen LogP contribution in [-0.2, 0) is 20.7 Å². The molecule has 0 aromatic heterocycles. The van der Waals surface area contributed by atoms with E-state index in [1.807, 2.05) is 49.6 Å². The molecule has 188 valence electrons. The molecule has 1 aliphatic rings. The largest absolute Gasteiger partial charge is 0.480 e. The zero-order valence-electron chi connectivity index (χ0n) is 20.5. The zero-order chi connectivity index (χ0) is 25.2. The second kappa shape index (κ2) is 13.3. The van der Waals surface area contributed by atoms with Crippen LogP contribution < -0.4 is 5.32 Å². The number of thioether (sulfide) groups is 1. The standard InChI is InChI=1S/C28H35NO5S/c1-19-8-6-7-11-22(19)24-18-20(13-15-26(30)34-21-9-4-3-5-10-21)12-14-23(24)27(31)29-25(28(32)33)16-17-35-2/h6-8,11-12,14,18,21,25H,3-5,9-10,13,15-17H2,1-2H3,(H,29,31)(H,32,33)/t25-/m0/s1. The molecular formula is C28H35NO5S. The van der Waals surface area contributed by atoms with Crippen LogP contribution in [0.4, 0.5) is 0 Å². The average Bonchev–Trinajstić information content (AvgIpc) is 2.85. The number of carboxylic acid groups (broad SMARTS) is 1. The molecule has 2 aromatic carbocycles. The van der Waals surface area contributed by atoms with E-state index in [1.54, 1.807) is 17.8 Å². The molecule has 2 aromatic rings. The Balaban J connectivity index is 1.79. The Hall–Kier alpha value is -2.80. The van der Waals surface area contributed by atoms with Crippen LogP contribution in [-0.4, -0.2) is 47.1 Å². The number of carboxylic acids is 1. The Labute approximate surface area is 211 Å². The number of rotatable bonds is 11. The summed E-state index contributed by atoms with van der Waals surface area (Å²) in [5.74, 6) is -1.01. The van der Waals surface area contributed by atoms with Crippen molar-refractivity contribution in [3.05, 3.63) is 59.2 Å². The molecule has 1 amide bonds. The Kier molecular flexibility index (Phi) is 10.2. The van der Waals surface area contributed by atoms with Gasteiger partial charge in [-0.3, -0.25) is 9.59 Å². The van der Waals surface area contributed by atoms with Gasteiger partial charge in [-0.25, -0.2) is 4.79 Å². The fourth-order valence-corrected chi connectivity index (χ4v) is 4.92. The number of aryl methyl sites for hydroxylation is 2. The van der Waals surface area contributed by atoms with E-state index >= 15 is 0 Å². The Bertz CT molecular complexity index is 1030. The molecule has 1 fully saturated rings. The number of benzene rings is 2. The van der Waals surface area contributed by atoms with Crippen LogP contribution in [0.3, 0.4) is 0 Å². The quantitative estimate of drug-likeness (QED) is 0.404. The molecule has 0 radical (unpaired) electrons. The highest BCUT2D eigenvalue weighted by molar-refractivity contribution is 7.98. The minimum Gasteiger partial charge on any atom is -0.480 e. The lowest BCUT2D eigenvalue weighted by molar-refractivity contribution is -0.150. The van der Waals surface area contributed by atoms with E-state index in [-0.39, 0.29) is 18.5 Å². The summed E-state index contributed by atoms with van der Waals surface area (Å²) in [7, 11) is 0. The van der Waals surface area contributed by atoms with Crippen LogP contribution >= 0.6 is 11.8 Å². The number of amides is 1. The molecule has 1 saturated carbocycles. The lowest BCUT2D eigenvalue weighted by Gasteiger charge is -2.21. The second-order valence-corrected chi connectivity index (χ2v) is 10.1. The number of carbonyl (C=O) groups is 3. The third kappa shape index (κ3) is 7.85. The predicted molar refractivity (Wildman–Crippen MR) is 140 cm³/mol. The van der Waals surface area contributed by atoms with Crippen molar-refractivity contribution in [3.8, 4) is 11.1 Å². The summed E-state index contributed by atoms with van der Waals surface area (Å²) in [5.41, 5.74) is 3.99. The molecule has 0 saturated heterocycles. The van der Waals surface area contributed by atoms with Crippen molar-refractivity contribution in [2.24, 2.45) is 0 Å². The number of carbonyl (C=O) groups excluding carboxylic acids is 2. The Morgan fingerprint density at radius 3 is 2.51 bits per heavy atom. The van der Waals surface area contributed by atoms with Crippen molar-refractivity contribution >= 4 is 29.6 Å². The molecular weight excluding hydrogens is 462 g/mol. The van der Waals surface area contributed by atoms with Crippen LogP contribution in [0.1, 0.15) is 66.4 Å². The third-order valence-electron chi connectivity index (χ3n) is 6.45. The highest BCUT2D eigenvalue weighted by Crippen LogP contribution is 2.29. The van der Waals surface area contributed by atoms with Gasteiger partial charge in [-0.15, -0.1) is 0 Å². The van der Waals surface area contributed by atoms with Crippen molar-refractivity contribution in [1.82, 2.24) is 5.32 Å². The van der Waals surface area contributed by atoms with E-state index in [0.717, 1.165) is 47.9 Å². The maximum absolute atomic E-state index is 13.2. The Morgan fingerprint density at radius 2 is 1.83 bits per heavy atom. The monoisotopic (exact) mass is 497 g/mol. The SMILES string of the molecule is CSCC[C@H](NC(=O)c1ccc(CCC(=O)OC2CCCCC2)cc1-c1ccccc1C)C(=O)O. The average molecular weight is 498 g/mol. The van der Waals surface area contributed by atoms with Gasteiger partial charge in [-0.2, -0.15) is 11.8 Å². The van der Waals surface area contributed by atoms with Gasteiger partial charge in [0.15, 0.2) is 0 Å². The first-order valence-corrected chi connectivity index (χ1v) is 13.7. The molecule has 6 nitrogen and oxygen atoms in total. The number of hydrogen-bond donors (Lipinski definition) is 2. The molecule has 0 bridgehead atoms. The minimum atomic E-state index is -1.04. The first-order chi connectivity index (χ1) is 16.9. The van der Waals surface area contributed by atoms with Crippen LogP contribution in [0.15, 0.2) is 42.5 Å². The lowest BCUT2D eigenvalue weighted by atomic mass is 9.92. The summed E-state index contributed by atoms with van der Waals surface area (Å²) in [4.78, 5) is 37.2. The molecule has 1 atom stereocenters. The maximum atomic E-state index is 13.2. The van der Waals surface area contributed by atoms with Gasteiger partial charge in [0.1, 0.15) is 12.1 Å². The number of ether oxygens (including phenoxy) is 1. The zero-order valence-corrected chi connectivity index (χ0v) is 21.4. The molecule has 1 aliphatic carbocycles. The minimum absolute atomic E-state index is 0.0399. The highest BCUT2D eigenvalue weighted by Gasteiger charge is 2.23. The molecule has 0 heterocycles. The van der Waals surface area contributed by atoms with Gasteiger partial charge in [0.05, 0.1) is 0 Å². The summed E-state index contributed by atoms with van der Waals surface area (Å²) in [6, 6.07) is 12.3. The van der Waals surface area contributed by atoms with Gasteiger partial charge < -0.3 is 15.2 Å². The fourth-order valence-electron chi connectivity index (χ4n) is 4.45. The summed E-state index contributed by atoms with van der Waals surface area (Å²) in [5, 5.41) is 12.2. The van der Waals surface area contributed by atoms with E-state index in [4.69, 9.17) is 4.74 Å². The lowest BCUT2D eigenvalue weighted by Crippen LogP contribution is -2.41. The first-order valence-electron chi connectivity index (χ1n) is 12.3. The molecule has 35 heavy (non-hydrogen) atoms. The van der Waals surface area contributed by atoms with Crippen molar-refractivity contribution < 1.29 is 24.2 Å². The summed E-state index contributed by atoms with van der Waals surface area (Å²) < 4.78 is 5.65. The van der Waals surface area contributed by atoms with Crippen LogP contribution in [0, 0.1) is 6.92 Å². The van der Waals surface area contributed by atoms with Crippen molar-refractivity contribution in [3.63, 3.8) is 0 Å². The molecule has 0 spiro atoms. The van der Waals surface area contributed by atoms with E-state index in [1.165, 1.54) is 6.42 Å². The number of esters is 1. The van der Waals surface area contributed by atoms with Gasteiger partial charge in [-0.05, 0) is 85.8 Å². The van der Waals surface area contributed by atoms with Crippen LogP contribution in [0.2, 0.25) is 0 Å². The first kappa shape index (κ1) is 26.8. The van der Waals surface area contributed by atoms with Gasteiger partial charge in [0.2, 0.25) is 0 Å². The van der Waals surface area contributed by atoms with Gasteiger partial charge in [0.25, 0.3) is 5.91 Å². The third-order valence-corrected chi connectivity index (χ3v) is 7.09. The second-order valence-electron chi connectivity index (χ2n) is 9.09. The Morgan fingerprint density at radius 1 is 1.09 bits per heavy atom. The molecule has 0 unspecified atom stereocenters. The number of nitrogens with one attached hydrogen (secondary N) is 1. The van der Waals surface area contributed by atoms with Crippen LogP contribution in [0.25, 0.3) is 11.1 Å². The molecule has 2 N–H and O–H groups in total. The summed E-state index contributed by atoms with van der Waals surface area (Å²) in [6.07, 6.45) is 8.41. The van der Waals surface area contributed by atoms with E-state index in [0.29, 0.717) is 24.2 Å². The fraction of sp³-hybridized carbons (Fsp3) is 0.464. The molecule has 3 rings (SSSR count). The van der Waals surface area contributed by atoms with Gasteiger partial charge >= 0.3 is 11.9 Å². The number of hydrogen-bond acceptors (Lipinski definition) is 5. The molecule has 0 aliphatic heterocycles. The number of aliphatic carboxylic acids is 1. The van der Waals surface area contributed by atoms with E-state index < -0.39 is 17.9 Å². The normalized spacial score (nSPS) is 14.8. The molecule has 7 heteroatoms. The van der Waals surface area contributed by atoms with Crippen molar-refractivity contribution in [1.29, 1.82) is 0 Å². The smallest absolute Gasteiger partial charge is 0.326 e. The van der Waals surface area contributed by atoms with E-state index in [2.05, 4.69) is 5.32 Å². The maximum Gasteiger partial charge on any atom is 0.326 e. The topological polar surface area (TPSA) is 92.7 Å². The van der Waals surface area contributed by atoms with Crippen molar-refractivity contribution in [2.75, 3.05) is 12.0 Å². The van der Waals surface area contributed by atoms with Crippen molar-refractivity contribution in [2.45, 2.75) is 70.4 Å². The van der Waals surface area contributed by atoms with Gasteiger partial charge in [-0.1, -0.05) is 42.8 Å². The predicted octanol–water partition coefficient (Wildman–Crippen LogP) is 5.41. The highest BCUT2D eigenvalue weighted by atomic mass is 32.2. The van der Waals surface area contributed by atoms with E-state index in [9.17, 15) is 19.5 Å². The summed E-state index contributed by atoms with van der Waals surface area (Å²) >= 11 is 1.54. The van der Waals surface area contributed by atoms with Gasteiger partial charge in [0, 0.05) is 12.0 Å². The summed E-state index contributed by atoms with van der Waals surface area (Å²) in [6.45, 7) is 1.98.